The molecular formula is C16H22N2O3. The minimum Gasteiger partial charge on any atom is -0.508 e. The summed E-state index contributed by atoms with van der Waals surface area (Å²) < 4.78 is 5.72. The number of nitrogens with one attached hydrogen (secondary N) is 1. The zero-order valence-electron chi connectivity index (χ0n) is 12.0. The van der Waals surface area contributed by atoms with Crippen LogP contribution in [0, 0.1) is 5.92 Å². The molecule has 1 aliphatic heterocycles. The van der Waals surface area contributed by atoms with Crippen LogP contribution in [0.2, 0.25) is 0 Å². The Morgan fingerprint density at radius 3 is 2.71 bits per heavy atom. The van der Waals surface area contributed by atoms with Crippen LogP contribution in [-0.2, 0) is 16.0 Å². The smallest absolute Gasteiger partial charge is 0.237 e. The fraction of sp³-hybridized carbons (Fsp3) is 0.562. The first-order valence-electron chi connectivity index (χ1n) is 7.59. The van der Waals surface area contributed by atoms with Crippen molar-refractivity contribution in [1.29, 1.82) is 0 Å². The minimum atomic E-state index is -0.574. The normalized spacial score (nSPS) is 26.5. The molecule has 1 aliphatic carbocycles. The molecule has 3 rings (SSSR count). The van der Waals surface area contributed by atoms with Gasteiger partial charge in [-0.25, -0.2) is 0 Å². The van der Waals surface area contributed by atoms with E-state index in [4.69, 9.17) is 10.5 Å². The fourth-order valence-electron chi connectivity index (χ4n) is 2.92. The highest BCUT2D eigenvalue weighted by Crippen LogP contribution is 2.38. The number of ether oxygens (including phenoxy) is 1. The first-order valence-corrected chi connectivity index (χ1v) is 7.59. The molecule has 2 unspecified atom stereocenters. The Morgan fingerprint density at radius 1 is 1.33 bits per heavy atom. The van der Waals surface area contributed by atoms with E-state index >= 15 is 0 Å². The maximum atomic E-state index is 12.2. The molecule has 1 heterocycles. The number of hydrogen-bond acceptors (Lipinski definition) is 4. The number of aromatic hydroxyl groups is 1. The number of phenolic OH excluding ortho intramolecular Hbond substituents is 1. The molecule has 21 heavy (non-hydrogen) atoms. The molecule has 2 fully saturated rings. The Labute approximate surface area is 124 Å². The number of amides is 1. The monoisotopic (exact) mass is 290 g/mol. The second kappa shape index (κ2) is 6.03. The summed E-state index contributed by atoms with van der Waals surface area (Å²) in [5.41, 5.74) is 6.93. The van der Waals surface area contributed by atoms with Crippen molar-refractivity contribution in [2.45, 2.75) is 43.9 Å². The predicted molar refractivity (Wildman–Crippen MR) is 78.8 cm³/mol. The van der Waals surface area contributed by atoms with Crippen LogP contribution in [0.1, 0.15) is 24.8 Å². The summed E-state index contributed by atoms with van der Waals surface area (Å²) >= 11 is 0. The molecule has 1 aromatic rings. The fourth-order valence-corrected chi connectivity index (χ4v) is 2.92. The number of rotatable bonds is 5. The van der Waals surface area contributed by atoms with Crippen LogP contribution >= 0.6 is 0 Å². The SMILES string of the molecule is N[C@@H](Cc1ccc(O)cc1)C(=O)NC1CCOC1C1CC1. The van der Waals surface area contributed by atoms with Crippen LogP contribution < -0.4 is 11.1 Å². The second-order valence-corrected chi connectivity index (χ2v) is 6.05. The van der Waals surface area contributed by atoms with Gasteiger partial charge in [-0.2, -0.15) is 0 Å². The topological polar surface area (TPSA) is 84.6 Å². The number of carbonyl (C=O) groups excluding carboxylic acids is 1. The molecule has 1 saturated carbocycles. The number of nitrogens with two attached hydrogens (primary N) is 1. The molecule has 0 bridgehead atoms. The maximum Gasteiger partial charge on any atom is 0.237 e. The highest BCUT2D eigenvalue weighted by molar-refractivity contribution is 5.82. The summed E-state index contributed by atoms with van der Waals surface area (Å²) in [6.07, 6.45) is 3.93. The summed E-state index contributed by atoms with van der Waals surface area (Å²) in [7, 11) is 0. The third-order valence-corrected chi connectivity index (χ3v) is 4.28. The van der Waals surface area contributed by atoms with E-state index in [-0.39, 0.29) is 23.8 Å². The lowest BCUT2D eigenvalue weighted by molar-refractivity contribution is -0.123. The Balaban J connectivity index is 1.53. The van der Waals surface area contributed by atoms with Gasteiger partial charge in [0.25, 0.3) is 0 Å². The molecule has 4 N–H and O–H groups in total. The number of benzene rings is 1. The molecule has 5 heteroatoms. The quantitative estimate of drug-likeness (QED) is 0.753. The van der Waals surface area contributed by atoms with Crippen molar-refractivity contribution in [2.75, 3.05) is 6.61 Å². The van der Waals surface area contributed by atoms with Gasteiger partial charge in [-0.05, 0) is 49.3 Å². The standard InChI is InChI=1S/C16H22N2O3/c17-13(9-10-1-5-12(19)6-2-10)16(20)18-14-7-8-21-15(14)11-3-4-11/h1-2,5-6,11,13-15,19H,3-4,7-9,17H2,(H,18,20)/t13-,14?,15?/m0/s1. The highest BCUT2D eigenvalue weighted by Gasteiger charge is 2.41. The number of carbonyl (C=O) groups is 1. The van der Waals surface area contributed by atoms with E-state index in [0.717, 1.165) is 18.6 Å². The lowest BCUT2D eigenvalue weighted by Gasteiger charge is -2.21. The van der Waals surface area contributed by atoms with Crippen LogP contribution in [0.15, 0.2) is 24.3 Å². The van der Waals surface area contributed by atoms with Gasteiger partial charge in [-0.15, -0.1) is 0 Å². The Morgan fingerprint density at radius 2 is 2.05 bits per heavy atom. The molecule has 2 aliphatic rings. The summed E-state index contributed by atoms with van der Waals surface area (Å²) in [6.45, 7) is 0.722. The van der Waals surface area contributed by atoms with Gasteiger partial charge < -0.3 is 20.9 Å². The van der Waals surface area contributed by atoms with Gasteiger partial charge in [0.1, 0.15) is 5.75 Å². The summed E-state index contributed by atoms with van der Waals surface area (Å²) in [5, 5.41) is 12.3. The third kappa shape index (κ3) is 3.54. The molecule has 1 amide bonds. The van der Waals surface area contributed by atoms with E-state index in [0.29, 0.717) is 12.3 Å². The van der Waals surface area contributed by atoms with E-state index in [9.17, 15) is 9.90 Å². The summed E-state index contributed by atoms with van der Waals surface area (Å²) in [5.74, 6) is 0.711. The molecule has 1 saturated heterocycles. The summed E-state index contributed by atoms with van der Waals surface area (Å²) in [6, 6.07) is 6.32. The third-order valence-electron chi connectivity index (χ3n) is 4.28. The molecule has 0 aromatic heterocycles. The van der Waals surface area contributed by atoms with Crippen LogP contribution in [0.3, 0.4) is 0 Å². The first kappa shape index (κ1) is 14.4. The molecule has 5 nitrogen and oxygen atoms in total. The highest BCUT2D eigenvalue weighted by atomic mass is 16.5. The van der Waals surface area contributed by atoms with Crippen molar-refractivity contribution in [3.8, 4) is 5.75 Å². The van der Waals surface area contributed by atoms with E-state index in [2.05, 4.69) is 5.32 Å². The van der Waals surface area contributed by atoms with Gasteiger partial charge in [0.15, 0.2) is 0 Å². The van der Waals surface area contributed by atoms with Crippen LogP contribution in [-0.4, -0.2) is 35.8 Å². The molecular weight excluding hydrogens is 268 g/mol. The Bertz CT molecular complexity index is 499. The zero-order valence-corrected chi connectivity index (χ0v) is 12.0. The molecule has 3 atom stereocenters. The van der Waals surface area contributed by atoms with Gasteiger partial charge in [0.2, 0.25) is 5.91 Å². The van der Waals surface area contributed by atoms with Crippen molar-refractivity contribution in [3.63, 3.8) is 0 Å². The van der Waals surface area contributed by atoms with Crippen LogP contribution in [0.25, 0.3) is 0 Å². The summed E-state index contributed by atoms with van der Waals surface area (Å²) in [4.78, 5) is 12.2. The van der Waals surface area contributed by atoms with Crippen molar-refractivity contribution in [3.05, 3.63) is 29.8 Å². The van der Waals surface area contributed by atoms with Gasteiger partial charge in [-0.3, -0.25) is 4.79 Å². The van der Waals surface area contributed by atoms with Gasteiger partial charge in [0, 0.05) is 6.61 Å². The Hall–Kier alpha value is -1.59. The average molecular weight is 290 g/mol. The van der Waals surface area contributed by atoms with Gasteiger partial charge >= 0.3 is 0 Å². The van der Waals surface area contributed by atoms with Crippen molar-refractivity contribution in [2.24, 2.45) is 11.7 Å². The maximum absolute atomic E-state index is 12.2. The van der Waals surface area contributed by atoms with Crippen molar-refractivity contribution < 1.29 is 14.6 Å². The predicted octanol–water partition coefficient (Wildman–Crippen LogP) is 0.946. The minimum absolute atomic E-state index is 0.107. The number of phenols is 1. The van der Waals surface area contributed by atoms with Gasteiger partial charge in [0.05, 0.1) is 18.2 Å². The van der Waals surface area contributed by atoms with E-state index < -0.39 is 6.04 Å². The lowest BCUT2D eigenvalue weighted by atomic mass is 10.0. The van der Waals surface area contributed by atoms with Crippen molar-refractivity contribution >= 4 is 5.91 Å². The van der Waals surface area contributed by atoms with E-state index in [1.165, 1.54) is 12.8 Å². The van der Waals surface area contributed by atoms with E-state index in [1.54, 1.807) is 24.3 Å². The van der Waals surface area contributed by atoms with Crippen LogP contribution in [0.4, 0.5) is 0 Å². The van der Waals surface area contributed by atoms with E-state index in [1.807, 2.05) is 0 Å². The average Bonchev–Trinajstić information content (AvgIpc) is 3.21. The molecule has 0 radical (unpaired) electrons. The second-order valence-electron chi connectivity index (χ2n) is 6.05. The molecule has 1 aromatic carbocycles. The number of hydrogen-bond donors (Lipinski definition) is 3. The first-order chi connectivity index (χ1) is 10.1. The lowest BCUT2D eigenvalue weighted by Crippen LogP contribution is -2.49. The largest absolute Gasteiger partial charge is 0.508 e. The van der Waals surface area contributed by atoms with Crippen LogP contribution in [0.5, 0.6) is 5.75 Å². The molecule has 114 valence electrons. The molecule has 0 spiro atoms. The Kier molecular flexibility index (Phi) is 4.12. The van der Waals surface area contributed by atoms with Crippen molar-refractivity contribution in [1.82, 2.24) is 5.32 Å². The zero-order chi connectivity index (χ0) is 14.8. The van der Waals surface area contributed by atoms with Gasteiger partial charge in [-0.1, -0.05) is 12.1 Å².